The maximum absolute atomic E-state index is 12.6. The molecule has 0 unspecified atom stereocenters. The fraction of sp³-hybridized carbons (Fsp3) is 0.143. The number of anilines is 2. The predicted octanol–water partition coefficient (Wildman–Crippen LogP) is 3.86. The van der Waals surface area contributed by atoms with Gasteiger partial charge in [0.05, 0.1) is 5.75 Å². The Morgan fingerprint density at radius 1 is 1.00 bits per heavy atom. The van der Waals surface area contributed by atoms with Crippen LogP contribution in [0, 0.1) is 0 Å². The lowest BCUT2D eigenvalue weighted by Crippen LogP contribution is -2.32. The van der Waals surface area contributed by atoms with Crippen LogP contribution in [-0.4, -0.2) is 23.6 Å². The van der Waals surface area contributed by atoms with E-state index in [-0.39, 0.29) is 17.6 Å². The third kappa shape index (κ3) is 5.01. The Morgan fingerprint density at radius 3 is 2.48 bits per heavy atom. The number of hydrogen-bond donors (Lipinski definition) is 3. The number of carbonyl (C=O) groups is 2. The minimum Gasteiger partial charge on any atom is -0.373 e. The normalized spacial score (nSPS) is 11.7. The van der Waals surface area contributed by atoms with E-state index in [2.05, 4.69) is 10.6 Å². The minimum absolute atomic E-state index is 0.139. The largest absolute Gasteiger partial charge is 0.373 e. The molecular weight excluding hydrogens is 358 g/mol. The molecule has 0 saturated carbocycles. The molecule has 0 radical (unpaired) electrons. The molecule has 0 heterocycles. The number of rotatable bonds is 7. The number of carbonyl (C=O) groups excluding carboxylic acids is 2. The Morgan fingerprint density at radius 2 is 1.70 bits per heavy atom. The van der Waals surface area contributed by atoms with Crippen molar-refractivity contribution in [1.82, 2.24) is 0 Å². The van der Waals surface area contributed by atoms with Crippen molar-refractivity contribution in [1.29, 1.82) is 0 Å². The third-order valence-corrected chi connectivity index (χ3v) is 5.14. The van der Waals surface area contributed by atoms with Gasteiger partial charge in [-0.25, -0.2) is 0 Å². The summed E-state index contributed by atoms with van der Waals surface area (Å²) in [4.78, 5) is 24.5. The molecule has 138 valence electrons. The quantitative estimate of drug-likeness (QED) is 0.544. The van der Waals surface area contributed by atoms with Gasteiger partial charge >= 0.3 is 0 Å². The van der Waals surface area contributed by atoms with Crippen LogP contribution < -0.4 is 16.4 Å². The maximum atomic E-state index is 12.6. The van der Waals surface area contributed by atoms with Crippen LogP contribution in [0.4, 0.5) is 11.4 Å². The lowest BCUT2D eigenvalue weighted by atomic mass is 10.1. The van der Waals surface area contributed by atoms with Crippen molar-refractivity contribution < 1.29 is 9.59 Å². The molecule has 1 atom stereocenters. The molecule has 0 aromatic heterocycles. The van der Waals surface area contributed by atoms with Crippen molar-refractivity contribution in [3.8, 4) is 0 Å². The molecule has 0 fully saturated rings. The Balaban J connectivity index is 1.67. The first-order chi connectivity index (χ1) is 13.0. The summed E-state index contributed by atoms with van der Waals surface area (Å²) in [6.07, 6.45) is 0. The summed E-state index contributed by atoms with van der Waals surface area (Å²) in [5.41, 5.74) is 6.77. The predicted molar refractivity (Wildman–Crippen MR) is 112 cm³/mol. The van der Waals surface area contributed by atoms with Crippen LogP contribution in [0.1, 0.15) is 6.92 Å². The number of benzene rings is 3. The van der Waals surface area contributed by atoms with Gasteiger partial charge in [-0.05, 0) is 42.0 Å². The zero-order valence-corrected chi connectivity index (χ0v) is 15.8. The molecule has 0 spiro atoms. The van der Waals surface area contributed by atoms with Gasteiger partial charge in [0, 0.05) is 16.3 Å². The fourth-order valence-corrected chi connectivity index (χ4v) is 3.43. The summed E-state index contributed by atoms with van der Waals surface area (Å²) in [6, 6.07) is 20.9. The van der Waals surface area contributed by atoms with E-state index in [0.717, 1.165) is 27.0 Å². The molecule has 0 bridgehead atoms. The SMILES string of the molecule is C[C@H](Nc1ccccc1SCC(N)=O)C(=O)Nc1ccc2ccccc2c1. The molecule has 4 N–H and O–H groups in total. The fourth-order valence-electron chi connectivity index (χ4n) is 2.68. The van der Waals surface area contributed by atoms with Gasteiger partial charge in [0.2, 0.25) is 11.8 Å². The minimum atomic E-state index is -0.452. The molecular formula is C21H21N3O2S. The van der Waals surface area contributed by atoms with E-state index in [0.29, 0.717) is 0 Å². The molecule has 0 aliphatic carbocycles. The first-order valence-corrected chi connectivity index (χ1v) is 9.58. The highest BCUT2D eigenvalue weighted by Gasteiger charge is 2.15. The molecule has 5 nitrogen and oxygen atoms in total. The zero-order valence-electron chi connectivity index (χ0n) is 14.9. The smallest absolute Gasteiger partial charge is 0.246 e. The van der Waals surface area contributed by atoms with Crippen LogP contribution >= 0.6 is 11.8 Å². The first-order valence-electron chi connectivity index (χ1n) is 8.59. The van der Waals surface area contributed by atoms with Crippen LogP contribution in [0.25, 0.3) is 10.8 Å². The summed E-state index contributed by atoms with van der Waals surface area (Å²) in [5.74, 6) is -0.326. The average Bonchev–Trinajstić information content (AvgIpc) is 2.67. The number of thioether (sulfide) groups is 1. The molecule has 2 amide bonds. The van der Waals surface area contributed by atoms with Gasteiger partial charge in [-0.1, -0.05) is 42.5 Å². The van der Waals surface area contributed by atoms with Crippen molar-refractivity contribution in [3.05, 3.63) is 66.7 Å². The van der Waals surface area contributed by atoms with Crippen molar-refractivity contribution in [2.24, 2.45) is 5.73 Å². The molecule has 0 aliphatic heterocycles. The van der Waals surface area contributed by atoms with Gasteiger partial charge in [0.25, 0.3) is 0 Å². The van der Waals surface area contributed by atoms with Gasteiger partial charge in [-0.3, -0.25) is 9.59 Å². The van der Waals surface area contributed by atoms with Gasteiger partial charge < -0.3 is 16.4 Å². The summed E-state index contributed by atoms with van der Waals surface area (Å²) in [5, 5.41) is 8.35. The number of nitrogens with one attached hydrogen (secondary N) is 2. The highest BCUT2D eigenvalue weighted by atomic mass is 32.2. The van der Waals surface area contributed by atoms with E-state index in [1.165, 1.54) is 11.8 Å². The molecule has 3 aromatic carbocycles. The van der Waals surface area contributed by atoms with E-state index in [9.17, 15) is 9.59 Å². The highest BCUT2D eigenvalue weighted by Crippen LogP contribution is 2.27. The molecule has 27 heavy (non-hydrogen) atoms. The average molecular weight is 379 g/mol. The van der Waals surface area contributed by atoms with Crippen LogP contribution in [0.5, 0.6) is 0 Å². The number of para-hydroxylation sites is 1. The van der Waals surface area contributed by atoms with Crippen LogP contribution in [-0.2, 0) is 9.59 Å². The first kappa shape index (κ1) is 18.8. The second-order valence-corrected chi connectivity index (χ2v) is 7.19. The van der Waals surface area contributed by atoms with Gasteiger partial charge in [-0.15, -0.1) is 11.8 Å². The van der Waals surface area contributed by atoms with E-state index in [1.54, 1.807) is 6.92 Å². The maximum Gasteiger partial charge on any atom is 0.246 e. The number of amides is 2. The standard InChI is InChI=1S/C21H21N3O2S/c1-14(23-18-8-4-5-9-19(18)27-13-20(22)25)21(26)24-17-11-10-15-6-2-3-7-16(15)12-17/h2-12,14,23H,13H2,1H3,(H2,22,25)(H,24,26)/t14-/m0/s1. The van der Waals surface area contributed by atoms with E-state index in [4.69, 9.17) is 5.73 Å². The monoisotopic (exact) mass is 379 g/mol. The van der Waals surface area contributed by atoms with E-state index < -0.39 is 6.04 Å². The zero-order chi connectivity index (χ0) is 19.2. The molecule has 3 aromatic rings. The van der Waals surface area contributed by atoms with Crippen LogP contribution in [0.3, 0.4) is 0 Å². The van der Waals surface area contributed by atoms with E-state index >= 15 is 0 Å². The number of primary amides is 1. The Bertz CT molecular complexity index is 974. The van der Waals surface area contributed by atoms with E-state index in [1.807, 2.05) is 66.7 Å². The van der Waals surface area contributed by atoms with Crippen LogP contribution in [0.15, 0.2) is 71.6 Å². The molecule has 3 rings (SSSR count). The summed E-state index contributed by atoms with van der Waals surface area (Å²) < 4.78 is 0. The Kier molecular flexibility index (Phi) is 5.98. The summed E-state index contributed by atoms with van der Waals surface area (Å²) in [7, 11) is 0. The van der Waals surface area contributed by atoms with Crippen molar-refractivity contribution in [2.45, 2.75) is 17.9 Å². The third-order valence-electron chi connectivity index (χ3n) is 4.04. The number of fused-ring (bicyclic) bond motifs is 1. The molecule has 0 saturated heterocycles. The second kappa shape index (κ2) is 8.60. The lowest BCUT2D eigenvalue weighted by Gasteiger charge is -2.18. The van der Waals surface area contributed by atoms with Gasteiger partial charge in [-0.2, -0.15) is 0 Å². The summed E-state index contributed by atoms with van der Waals surface area (Å²) in [6.45, 7) is 1.80. The lowest BCUT2D eigenvalue weighted by molar-refractivity contribution is -0.117. The van der Waals surface area contributed by atoms with Crippen molar-refractivity contribution in [2.75, 3.05) is 16.4 Å². The second-order valence-electron chi connectivity index (χ2n) is 6.17. The number of hydrogen-bond acceptors (Lipinski definition) is 4. The topological polar surface area (TPSA) is 84.2 Å². The Hall–Kier alpha value is -2.99. The molecule has 0 aliphatic rings. The number of nitrogens with two attached hydrogens (primary N) is 1. The summed E-state index contributed by atoms with van der Waals surface area (Å²) >= 11 is 1.35. The highest BCUT2D eigenvalue weighted by molar-refractivity contribution is 8.00. The van der Waals surface area contributed by atoms with Crippen LogP contribution in [0.2, 0.25) is 0 Å². The Labute approximate surface area is 162 Å². The molecule has 6 heteroatoms. The van der Waals surface area contributed by atoms with Crippen molar-refractivity contribution >= 4 is 45.7 Å². The van der Waals surface area contributed by atoms with Gasteiger partial charge in [0.1, 0.15) is 6.04 Å². The van der Waals surface area contributed by atoms with Gasteiger partial charge in [0.15, 0.2) is 0 Å². The van der Waals surface area contributed by atoms with Crippen molar-refractivity contribution in [3.63, 3.8) is 0 Å².